The Hall–Kier alpha value is 0. The van der Waals surface area contributed by atoms with E-state index in [9.17, 15) is 0 Å². The Kier molecular flexibility index (Phi) is 0.574. The summed E-state index contributed by atoms with van der Waals surface area (Å²) in [7, 11) is 0. The van der Waals surface area contributed by atoms with Gasteiger partial charge in [0, 0.05) is 0 Å². The number of hydrogen-bond acceptors (Lipinski definition) is 0. The molecule has 4 rings (SSSR count). The fraction of sp³-hybridized carbons (Fsp3) is 1.00. The second kappa shape index (κ2) is 1.09. The fourth-order valence-corrected chi connectivity index (χ4v) is 3.72. The van der Waals surface area contributed by atoms with Crippen LogP contribution in [0.2, 0.25) is 0 Å². The molecule has 50 valence electrons. The predicted octanol–water partition coefficient (Wildman–Crippen LogP) is 2.44. The van der Waals surface area contributed by atoms with Crippen molar-refractivity contribution in [2.45, 2.75) is 32.6 Å². The number of fused-ring (bicyclic) bond motifs is 1. The van der Waals surface area contributed by atoms with E-state index in [2.05, 4.69) is 6.92 Å². The lowest BCUT2D eigenvalue weighted by Crippen LogP contribution is -2.04. The molecule has 0 aromatic heterocycles. The van der Waals surface area contributed by atoms with Crippen LogP contribution in [0.1, 0.15) is 32.6 Å². The Morgan fingerprint density at radius 3 is 2.67 bits per heavy atom. The topological polar surface area (TPSA) is 0 Å². The van der Waals surface area contributed by atoms with E-state index in [4.69, 9.17) is 0 Å². The number of rotatable bonds is 2. The molecule has 0 aliphatic heterocycles. The van der Waals surface area contributed by atoms with Gasteiger partial charge < -0.3 is 0 Å². The van der Waals surface area contributed by atoms with Gasteiger partial charge in [0.25, 0.3) is 0 Å². The molecule has 0 N–H and O–H groups in total. The summed E-state index contributed by atoms with van der Waals surface area (Å²) >= 11 is 0. The quantitative estimate of drug-likeness (QED) is 0.527. The lowest BCUT2D eigenvalue weighted by atomic mass is 9.92. The van der Waals surface area contributed by atoms with Crippen LogP contribution in [0.3, 0.4) is 0 Å². The molecular weight excluding hydrogens is 108 g/mol. The fourth-order valence-electron chi connectivity index (χ4n) is 3.72. The Balaban J connectivity index is 1.80. The van der Waals surface area contributed by atoms with Crippen LogP contribution in [-0.4, -0.2) is 0 Å². The lowest BCUT2D eigenvalue weighted by molar-refractivity contribution is 0.366. The van der Waals surface area contributed by atoms with E-state index in [0.717, 1.165) is 5.41 Å². The maximum atomic E-state index is 2.33. The minimum absolute atomic E-state index is 0.972. The predicted molar refractivity (Wildman–Crippen MR) is 37.0 cm³/mol. The van der Waals surface area contributed by atoms with Crippen LogP contribution in [-0.2, 0) is 0 Å². The van der Waals surface area contributed by atoms with Crippen molar-refractivity contribution in [3.05, 3.63) is 0 Å². The Morgan fingerprint density at radius 1 is 1.44 bits per heavy atom. The zero-order chi connectivity index (χ0) is 6.06. The molecule has 2 bridgehead atoms. The van der Waals surface area contributed by atoms with Gasteiger partial charge in [-0.1, -0.05) is 13.3 Å². The Bertz CT molecular complexity index is 149. The molecule has 0 saturated heterocycles. The minimum atomic E-state index is 0.972. The van der Waals surface area contributed by atoms with Gasteiger partial charge in [0.1, 0.15) is 0 Å². The summed E-state index contributed by atoms with van der Waals surface area (Å²) in [6.45, 7) is 2.33. The van der Waals surface area contributed by atoms with Gasteiger partial charge in [-0.3, -0.25) is 0 Å². The van der Waals surface area contributed by atoms with Crippen LogP contribution < -0.4 is 0 Å². The monoisotopic (exact) mass is 122 g/mol. The summed E-state index contributed by atoms with van der Waals surface area (Å²) in [5.41, 5.74) is 0.972. The molecule has 0 amide bonds. The highest BCUT2D eigenvalue weighted by Crippen LogP contribution is 2.91. The molecule has 4 aliphatic carbocycles. The molecule has 2 atom stereocenters. The van der Waals surface area contributed by atoms with Gasteiger partial charge in [0.15, 0.2) is 0 Å². The molecule has 0 heteroatoms. The first-order valence-corrected chi connectivity index (χ1v) is 4.40. The average molecular weight is 122 g/mol. The summed E-state index contributed by atoms with van der Waals surface area (Å²) in [6, 6.07) is 0. The van der Waals surface area contributed by atoms with E-state index >= 15 is 0 Å². The molecule has 4 aliphatic rings. The van der Waals surface area contributed by atoms with Crippen molar-refractivity contribution in [3.63, 3.8) is 0 Å². The van der Waals surface area contributed by atoms with E-state index in [1.54, 1.807) is 19.3 Å². The lowest BCUT2D eigenvalue weighted by Gasteiger charge is -2.13. The Labute approximate surface area is 56.6 Å². The smallest absolute Gasteiger partial charge is 0.0229 e. The third-order valence-electron chi connectivity index (χ3n) is 4.05. The van der Waals surface area contributed by atoms with Gasteiger partial charge in [0.2, 0.25) is 0 Å². The van der Waals surface area contributed by atoms with Crippen molar-refractivity contribution in [2.24, 2.45) is 23.2 Å². The van der Waals surface area contributed by atoms with Crippen LogP contribution in [0.5, 0.6) is 0 Å². The molecule has 0 spiro atoms. The number of hydrogen-bond donors (Lipinski definition) is 0. The maximum absolute atomic E-state index is 2.33. The van der Waals surface area contributed by atoms with Crippen LogP contribution in [0.25, 0.3) is 0 Å². The molecule has 0 radical (unpaired) electrons. The highest BCUT2D eigenvalue weighted by Gasteiger charge is 2.85. The molecule has 4 saturated carbocycles. The summed E-state index contributed by atoms with van der Waals surface area (Å²) in [5, 5.41) is 0. The van der Waals surface area contributed by atoms with Gasteiger partial charge in [0.05, 0.1) is 0 Å². The molecule has 9 heavy (non-hydrogen) atoms. The largest absolute Gasteiger partial charge is 0.0654 e. The van der Waals surface area contributed by atoms with Crippen LogP contribution in [0.15, 0.2) is 0 Å². The first kappa shape index (κ1) is 4.76. The third kappa shape index (κ3) is 0.320. The van der Waals surface area contributed by atoms with Crippen molar-refractivity contribution >= 4 is 0 Å². The second-order valence-electron chi connectivity index (χ2n) is 4.24. The standard InChI is InChI=1S/C9H14/c1-2-4-9-5-3-6-7(9)8(6)9/h6-8H,2-5H2,1H3. The molecule has 0 heterocycles. The minimum Gasteiger partial charge on any atom is -0.0654 e. The van der Waals surface area contributed by atoms with E-state index in [1.807, 2.05) is 0 Å². The zero-order valence-electron chi connectivity index (χ0n) is 6.06. The van der Waals surface area contributed by atoms with Crippen molar-refractivity contribution < 1.29 is 0 Å². The van der Waals surface area contributed by atoms with Crippen LogP contribution in [0.4, 0.5) is 0 Å². The van der Waals surface area contributed by atoms with Crippen LogP contribution >= 0.6 is 0 Å². The van der Waals surface area contributed by atoms with Gasteiger partial charge in [-0.15, -0.1) is 0 Å². The van der Waals surface area contributed by atoms with Gasteiger partial charge in [-0.25, -0.2) is 0 Å². The summed E-state index contributed by atoms with van der Waals surface area (Å²) in [6.07, 6.45) is 6.18. The Morgan fingerprint density at radius 2 is 2.22 bits per heavy atom. The summed E-state index contributed by atoms with van der Waals surface area (Å²) in [4.78, 5) is 0. The zero-order valence-corrected chi connectivity index (χ0v) is 6.06. The van der Waals surface area contributed by atoms with Crippen molar-refractivity contribution in [2.75, 3.05) is 0 Å². The average Bonchev–Trinajstić information content (AvgIpc) is 2.64. The first-order valence-electron chi connectivity index (χ1n) is 4.40. The second-order valence-corrected chi connectivity index (χ2v) is 4.24. The molecule has 4 fully saturated rings. The SMILES string of the molecule is CCCC12CCC3C1C32. The van der Waals surface area contributed by atoms with Crippen molar-refractivity contribution in [3.8, 4) is 0 Å². The molecule has 0 aromatic carbocycles. The van der Waals surface area contributed by atoms with Crippen LogP contribution in [0, 0.1) is 23.2 Å². The molecule has 0 nitrogen and oxygen atoms in total. The van der Waals surface area contributed by atoms with Crippen molar-refractivity contribution in [1.29, 1.82) is 0 Å². The summed E-state index contributed by atoms with van der Waals surface area (Å²) < 4.78 is 0. The van der Waals surface area contributed by atoms with E-state index in [-0.39, 0.29) is 0 Å². The maximum Gasteiger partial charge on any atom is -0.0229 e. The van der Waals surface area contributed by atoms with E-state index in [0.29, 0.717) is 0 Å². The van der Waals surface area contributed by atoms with Gasteiger partial charge >= 0.3 is 0 Å². The highest BCUT2D eigenvalue weighted by atomic mass is 14.9. The third-order valence-corrected chi connectivity index (χ3v) is 4.05. The van der Waals surface area contributed by atoms with Gasteiger partial charge in [-0.05, 0) is 42.4 Å². The van der Waals surface area contributed by atoms with E-state index < -0.39 is 0 Å². The first-order chi connectivity index (χ1) is 4.40. The van der Waals surface area contributed by atoms with Crippen molar-refractivity contribution in [1.82, 2.24) is 0 Å². The highest BCUT2D eigenvalue weighted by molar-refractivity contribution is 5.33. The van der Waals surface area contributed by atoms with E-state index in [1.165, 1.54) is 24.2 Å². The summed E-state index contributed by atoms with van der Waals surface area (Å²) in [5.74, 6) is 3.77. The van der Waals surface area contributed by atoms with Gasteiger partial charge in [-0.2, -0.15) is 0 Å². The molecular formula is C9H14. The normalized spacial score (nSPS) is 65.7. The molecule has 2 unspecified atom stereocenters. The molecule has 0 aromatic rings.